The molecule has 7 heteroatoms. The van der Waals surface area contributed by atoms with Crippen LogP contribution in [0.25, 0.3) is 6.08 Å². The largest absolute Gasteiger partial charge is 0.419 e. The monoisotopic (exact) mass is 607 g/mol. The van der Waals surface area contributed by atoms with E-state index in [0.717, 1.165) is 33.8 Å². The van der Waals surface area contributed by atoms with E-state index >= 15 is 0 Å². The van der Waals surface area contributed by atoms with E-state index in [9.17, 15) is 4.79 Å². The van der Waals surface area contributed by atoms with E-state index in [0.29, 0.717) is 18.7 Å². The van der Waals surface area contributed by atoms with Crippen LogP contribution in [0.5, 0.6) is 0 Å². The number of rotatable bonds is 9. The molecule has 228 valence electrons. The third-order valence-corrected chi connectivity index (χ3v) is 7.87. The average molecular weight is 608 g/mol. The quantitative estimate of drug-likeness (QED) is 0.157. The minimum Gasteiger partial charge on any atom is -0.419 e. The number of benzene rings is 5. The van der Waals surface area contributed by atoms with Crippen LogP contribution in [0, 0.1) is 0 Å². The van der Waals surface area contributed by atoms with Crippen molar-refractivity contribution in [2.24, 2.45) is 4.99 Å². The molecule has 0 atom stereocenters. The maximum absolute atomic E-state index is 13.8. The molecule has 1 amide bonds. The maximum atomic E-state index is 13.8. The van der Waals surface area contributed by atoms with Gasteiger partial charge in [-0.05, 0) is 73.0 Å². The van der Waals surface area contributed by atoms with Crippen LogP contribution in [0.4, 0.5) is 22.7 Å². The lowest BCUT2D eigenvalue weighted by Gasteiger charge is -2.34. The van der Waals surface area contributed by atoms with E-state index in [1.54, 1.807) is 11.0 Å². The molecule has 0 aromatic heterocycles. The van der Waals surface area contributed by atoms with Crippen molar-refractivity contribution in [2.45, 2.75) is 25.9 Å². The zero-order valence-electron chi connectivity index (χ0n) is 25.4. The van der Waals surface area contributed by atoms with E-state index in [4.69, 9.17) is 19.2 Å². The third-order valence-electron chi connectivity index (χ3n) is 7.87. The summed E-state index contributed by atoms with van der Waals surface area (Å²) in [7, 11) is 0. The number of anilines is 3. The molecule has 2 saturated heterocycles. The van der Waals surface area contributed by atoms with Crippen molar-refractivity contribution in [3.05, 3.63) is 162 Å². The van der Waals surface area contributed by atoms with Crippen LogP contribution in [0.15, 0.2) is 150 Å². The molecule has 7 nitrogen and oxygen atoms in total. The molecular weight excluding hydrogens is 574 g/mol. The molecule has 0 spiro atoms. The Labute approximate surface area is 268 Å². The number of carbonyl (C=O) groups excluding carboxylic acids is 1. The number of nitrogens with zero attached hydrogens (tertiary/aromatic N) is 3. The van der Waals surface area contributed by atoms with Crippen molar-refractivity contribution in [3.63, 3.8) is 0 Å². The summed E-state index contributed by atoms with van der Waals surface area (Å²) in [6.07, 6.45) is 1.64. The van der Waals surface area contributed by atoms with Gasteiger partial charge in [0.15, 0.2) is 18.3 Å². The molecule has 5 aromatic rings. The number of ether oxygens (including phenoxy) is 3. The number of aliphatic imine (C=N–C) groups is 1. The van der Waals surface area contributed by atoms with Gasteiger partial charge in [-0.15, -0.1) is 0 Å². The maximum Gasteiger partial charge on any atom is 0.305 e. The van der Waals surface area contributed by atoms with Crippen molar-refractivity contribution >= 4 is 40.8 Å². The zero-order valence-corrected chi connectivity index (χ0v) is 25.4. The van der Waals surface area contributed by atoms with E-state index < -0.39 is 6.29 Å². The molecule has 2 heterocycles. The number of amides is 1. The lowest BCUT2D eigenvalue weighted by Crippen LogP contribution is -2.32. The molecule has 0 radical (unpaired) electrons. The number of hydrogen-bond donors (Lipinski definition) is 0. The number of carbonyl (C=O) groups is 1. The number of hydrogen-bond acceptors (Lipinski definition) is 6. The lowest BCUT2D eigenvalue weighted by atomic mass is 10.1. The lowest BCUT2D eigenvalue weighted by molar-refractivity contribution is -0.382. The Bertz CT molecular complexity index is 1810. The summed E-state index contributed by atoms with van der Waals surface area (Å²) in [6.45, 7) is 2.26. The molecule has 2 fully saturated rings. The fourth-order valence-electron chi connectivity index (χ4n) is 5.54. The van der Waals surface area contributed by atoms with Gasteiger partial charge in [-0.3, -0.25) is 9.69 Å². The van der Waals surface area contributed by atoms with Gasteiger partial charge in [-0.2, -0.15) is 4.99 Å². The summed E-state index contributed by atoms with van der Waals surface area (Å²) in [4.78, 5) is 22.4. The summed E-state index contributed by atoms with van der Waals surface area (Å²) in [6, 6.07) is 46.4. The summed E-state index contributed by atoms with van der Waals surface area (Å²) in [5.74, 6) is -0.0269. The number of amidine groups is 1. The normalized spacial score (nSPS) is 19.2. The first-order chi connectivity index (χ1) is 22.6. The van der Waals surface area contributed by atoms with Gasteiger partial charge in [-0.25, -0.2) is 0 Å². The zero-order chi connectivity index (χ0) is 31.3. The Balaban J connectivity index is 1.19. The van der Waals surface area contributed by atoms with Crippen LogP contribution in [-0.2, 0) is 25.4 Å². The fraction of sp³-hybridized carbons (Fsp3) is 0.128. The van der Waals surface area contributed by atoms with Gasteiger partial charge in [0.1, 0.15) is 0 Å². The second kappa shape index (κ2) is 13.2. The van der Waals surface area contributed by atoms with Crippen molar-refractivity contribution in [3.8, 4) is 0 Å². The molecule has 0 bridgehead atoms. The van der Waals surface area contributed by atoms with Gasteiger partial charge in [0.05, 0.1) is 5.69 Å². The van der Waals surface area contributed by atoms with Crippen molar-refractivity contribution in [2.75, 3.05) is 11.4 Å². The van der Waals surface area contributed by atoms with Gasteiger partial charge in [0.25, 0.3) is 5.91 Å². The summed E-state index contributed by atoms with van der Waals surface area (Å²) >= 11 is 0. The Morgan fingerprint density at radius 3 is 1.91 bits per heavy atom. The molecule has 7 rings (SSSR count). The van der Waals surface area contributed by atoms with Crippen molar-refractivity contribution < 1.29 is 19.0 Å². The van der Waals surface area contributed by atoms with Crippen LogP contribution >= 0.6 is 0 Å². The Kier molecular flexibility index (Phi) is 8.41. The molecule has 0 N–H and O–H groups in total. The predicted molar refractivity (Wildman–Crippen MR) is 180 cm³/mol. The van der Waals surface area contributed by atoms with Gasteiger partial charge in [-0.1, -0.05) is 97.1 Å². The van der Waals surface area contributed by atoms with E-state index in [1.165, 1.54) is 0 Å². The van der Waals surface area contributed by atoms with Gasteiger partial charge >= 0.3 is 6.02 Å². The van der Waals surface area contributed by atoms with E-state index in [-0.39, 0.29) is 24.0 Å². The van der Waals surface area contributed by atoms with Crippen LogP contribution in [0.1, 0.15) is 29.9 Å². The average Bonchev–Trinajstić information content (AvgIpc) is 3.37. The first-order valence-electron chi connectivity index (χ1n) is 15.4. The van der Waals surface area contributed by atoms with Crippen LogP contribution in [0.3, 0.4) is 0 Å². The number of para-hydroxylation sites is 3. The molecule has 0 saturated carbocycles. The Morgan fingerprint density at radius 2 is 1.28 bits per heavy atom. The predicted octanol–water partition coefficient (Wildman–Crippen LogP) is 8.68. The summed E-state index contributed by atoms with van der Waals surface area (Å²) < 4.78 is 17.7. The summed E-state index contributed by atoms with van der Waals surface area (Å²) in [5, 5.41) is 0. The highest BCUT2D eigenvalue weighted by atomic mass is 16.9. The highest BCUT2D eigenvalue weighted by molar-refractivity contribution is 6.11. The van der Waals surface area contributed by atoms with Crippen LogP contribution in [0.2, 0.25) is 0 Å². The minimum atomic E-state index is -0.509. The highest BCUT2D eigenvalue weighted by Gasteiger charge is 2.36. The SMILES string of the molecule is CC1OC(c2ccccc2/N=C2/O/C(=C/c3ccc(N(c4ccccc4)c4ccccc4)cc3)C(=O)N2CCc2ccccc2)O1. The molecule has 2 aliphatic rings. The minimum absolute atomic E-state index is 0.213. The van der Waals surface area contributed by atoms with Crippen LogP contribution < -0.4 is 4.90 Å². The highest BCUT2D eigenvalue weighted by Crippen LogP contribution is 2.38. The Hall–Kier alpha value is -5.50. The van der Waals surface area contributed by atoms with Gasteiger partial charge in [0.2, 0.25) is 0 Å². The summed E-state index contributed by atoms with van der Waals surface area (Å²) in [5.41, 5.74) is 6.46. The van der Waals surface area contributed by atoms with Crippen LogP contribution in [-0.4, -0.2) is 29.7 Å². The van der Waals surface area contributed by atoms with E-state index in [2.05, 4.69) is 29.2 Å². The van der Waals surface area contributed by atoms with E-state index in [1.807, 2.05) is 122 Å². The standard InChI is InChI=1S/C39H33N3O4/c1-28-44-38(45-28)34-19-11-12-20-35(34)40-39-41(26-25-29-13-5-2-6-14-29)37(43)36(46-39)27-30-21-23-33(24-22-30)42(31-15-7-3-8-16-31)32-17-9-4-10-18-32/h2-24,27-28,38H,25-26H2,1H3/b36-27+,40-39+. The molecular formula is C39H33N3O4. The third kappa shape index (κ3) is 6.33. The fourth-order valence-corrected chi connectivity index (χ4v) is 5.54. The molecule has 46 heavy (non-hydrogen) atoms. The first-order valence-corrected chi connectivity index (χ1v) is 15.4. The van der Waals surface area contributed by atoms with Gasteiger partial charge < -0.3 is 19.1 Å². The second-order valence-corrected chi connectivity index (χ2v) is 11.0. The van der Waals surface area contributed by atoms with Gasteiger partial charge in [0, 0.05) is 29.2 Å². The van der Waals surface area contributed by atoms with Crippen molar-refractivity contribution in [1.29, 1.82) is 0 Å². The second-order valence-electron chi connectivity index (χ2n) is 11.0. The Morgan fingerprint density at radius 1 is 0.717 bits per heavy atom. The molecule has 2 aliphatic heterocycles. The van der Waals surface area contributed by atoms with Crippen molar-refractivity contribution in [1.82, 2.24) is 4.90 Å². The first kappa shape index (κ1) is 29.2. The molecule has 5 aromatic carbocycles. The smallest absolute Gasteiger partial charge is 0.305 e. The molecule has 0 aliphatic carbocycles. The topological polar surface area (TPSA) is 63.6 Å². The molecule has 0 unspecified atom stereocenters.